The Labute approximate surface area is 191 Å². The fourth-order valence-corrected chi connectivity index (χ4v) is 3.87. The second kappa shape index (κ2) is 9.79. The highest BCUT2D eigenvalue weighted by molar-refractivity contribution is 7.89. The largest absolute Gasteiger partial charge is 0.341 e. The zero-order chi connectivity index (χ0) is 23.3. The van der Waals surface area contributed by atoms with E-state index in [2.05, 4.69) is 35.8 Å². The third-order valence-corrected chi connectivity index (χ3v) is 5.89. The number of aromatic nitrogens is 3. The van der Waals surface area contributed by atoms with Crippen LogP contribution in [0.25, 0.3) is 0 Å². The number of sulfonamides is 1. The van der Waals surface area contributed by atoms with Crippen molar-refractivity contribution in [2.24, 2.45) is 5.14 Å². The Morgan fingerprint density at radius 1 is 0.818 bits per heavy atom. The number of carbonyl (C=O) groups is 1. The van der Waals surface area contributed by atoms with Crippen molar-refractivity contribution < 1.29 is 13.2 Å². The molecule has 12 heteroatoms. The van der Waals surface area contributed by atoms with E-state index in [4.69, 9.17) is 5.14 Å². The van der Waals surface area contributed by atoms with Gasteiger partial charge in [0.2, 0.25) is 27.9 Å². The third-order valence-electron chi connectivity index (χ3n) is 4.96. The van der Waals surface area contributed by atoms with Gasteiger partial charge in [-0.3, -0.25) is 5.32 Å². The quantitative estimate of drug-likeness (QED) is 0.430. The van der Waals surface area contributed by atoms with Gasteiger partial charge < -0.3 is 15.5 Å². The van der Waals surface area contributed by atoms with Gasteiger partial charge in [0.1, 0.15) is 0 Å². The van der Waals surface area contributed by atoms with Crippen LogP contribution in [0.5, 0.6) is 0 Å². The topological polar surface area (TPSA) is 155 Å². The van der Waals surface area contributed by atoms with Gasteiger partial charge in [-0.2, -0.15) is 15.0 Å². The normalized spacial score (nSPS) is 13.9. The van der Waals surface area contributed by atoms with E-state index in [1.807, 2.05) is 30.3 Å². The van der Waals surface area contributed by atoms with Crippen molar-refractivity contribution in [3.8, 4) is 0 Å². The Morgan fingerprint density at radius 3 is 2.15 bits per heavy atom. The summed E-state index contributed by atoms with van der Waals surface area (Å²) in [4.78, 5) is 27.8. The van der Waals surface area contributed by atoms with Crippen LogP contribution >= 0.6 is 0 Å². The van der Waals surface area contributed by atoms with Crippen LogP contribution in [-0.2, 0) is 10.0 Å². The molecule has 0 atom stereocenters. The summed E-state index contributed by atoms with van der Waals surface area (Å²) in [6.07, 6.45) is 3.25. The number of hydrogen-bond donors (Lipinski definition) is 4. The number of rotatable bonds is 6. The first-order chi connectivity index (χ1) is 15.9. The molecular weight excluding hydrogens is 444 g/mol. The number of carbonyl (C=O) groups excluding carboxylic acids is 1. The first kappa shape index (κ1) is 22.4. The summed E-state index contributed by atoms with van der Waals surface area (Å²) >= 11 is 0. The van der Waals surface area contributed by atoms with Gasteiger partial charge in [-0.05, 0) is 55.7 Å². The van der Waals surface area contributed by atoms with Gasteiger partial charge in [-0.15, -0.1) is 0 Å². The molecule has 1 aliphatic heterocycles. The summed E-state index contributed by atoms with van der Waals surface area (Å²) in [5, 5.41) is 13.5. The Hall–Kier alpha value is -3.77. The van der Waals surface area contributed by atoms with E-state index in [0.29, 0.717) is 17.6 Å². The van der Waals surface area contributed by atoms with Crippen LogP contribution in [0.3, 0.4) is 0 Å². The lowest BCUT2D eigenvalue weighted by Gasteiger charge is -2.27. The summed E-state index contributed by atoms with van der Waals surface area (Å²) in [5.41, 5.74) is 1.19. The number of nitrogens with one attached hydrogen (secondary N) is 3. The maximum atomic E-state index is 12.5. The molecule has 4 rings (SSSR count). The van der Waals surface area contributed by atoms with Crippen LogP contribution in [0.1, 0.15) is 19.3 Å². The number of para-hydroxylation sites is 1. The number of benzene rings is 2. The molecule has 5 N–H and O–H groups in total. The summed E-state index contributed by atoms with van der Waals surface area (Å²) in [5.74, 6) is 0.878. The lowest BCUT2D eigenvalue weighted by Crippen LogP contribution is -2.32. The minimum Gasteiger partial charge on any atom is -0.341 e. The van der Waals surface area contributed by atoms with Crippen LogP contribution < -0.4 is 26.0 Å². The number of urea groups is 1. The van der Waals surface area contributed by atoms with Crippen LogP contribution in [0, 0.1) is 0 Å². The molecule has 0 spiro atoms. The molecule has 0 aliphatic carbocycles. The van der Waals surface area contributed by atoms with Crippen LogP contribution in [0.4, 0.5) is 34.0 Å². The molecule has 2 heterocycles. The van der Waals surface area contributed by atoms with Gasteiger partial charge in [-0.25, -0.2) is 18.4 Å². The number of primary sulfonamides is 1. The smallest absolute Gasteiger partial charge is 0.326 e. The fraction of sp³-hybridized carbons (Fsp3) is 0.238. The van der Waals surface area contributed by atoms with Crippen molar-refractivity contribution in [3.63, 3.8) is 0 Å². The SMILES string of the molecule is NS(=O)(=O)c1ccc(NC(=O)Nc2nc(Nc3ccccc3)nc(N3CCCCC3)n2)cc1. The molecule has 0 unspecified atom stereocenters. The lowest BCUT2D eigenvalue weighted by atomic mass is 10.1. The zero-order valence-electron chi connectivity index (χ0n) is 17.7. The van der Waals surface area contributed by atoms with Crippen molar-refractivity contribution in [3.05, 3.63) is 54.6 Å². The van der Waals surface area contributed by atoms with Gasteiger partial charge in [0.05, 0.1) is 4.90 Å². The summed E-state index contributed by atoms with van der Waals surface area (Å²) in [6.45, 7) is 1.66. The molecule has 2 amide bonds. The molecule has 33 heavy (non-hydrogen) atoms. The molecule has 0 saturated carbocycles. The highest BCUT2D eigenvalue weighted by Gasteiger charge is 2.17. The number of piperidine rings is 1. The average molecular weight is 469 g/mol. The molecular formula is C21H24N8O3S. The van der Waals surface area contributed by atoms with E-state index >= 15 is 0 Å². The van der Waals surface area contributed by atoms with Crippen molar-refractivity contribution >= 4 is 45.3 Å². The molecule has 1 saturated heterocycles. The molecule has 0 radical (unpaired) electrons. The van der Waals surface area contributed by atoms with Crippen molar-refractivity contribution in [1.29, 1.82) is 0 Å². The molecule has 11 nitrogen and oxygen atoms in total. The van der Waals surface area contributed by atoms with Crippen LogP contribution in [0.2, 0.25) is 0 Å². The highest BCUT2D eigenvalue weighted by atomic mass is 32.2. The monoisotopic (exact) mass is 468 g/mol. The van der Waals surface area contributed by atoms with E-state index in [9.17, 15) is 13.2 Å². The van der Waals surface area contributed by atoms with Crippen molar-refractivity contribution in [1.82, 2.24) is 15.0 Å². The molecule has 1 aliphatic rings. The van der Waals surface area contributed by atoms with E-state index in [-0.39, 0.29) is 10.8 Å². The van der Waals surface area contributed by atoms with E-state index in [0.717, 1.165) is 38.0 Å². The standard InChI is InChI=1S/C21H24N8O3S/c22-33(31,32)17-11-9-16(10-12-17)24-21(30)28-19-25-18(23-15-7-3-1-4-8-15)26-20(27-19)29-13-5-2-6-14-29/h1,3-4,7-12H,2,5-6,13-14H2,(H2,22,31,32)(H3,23,24,25,26,27,28,30). The van der Waals surface area contributed by atoms with Gasteiger partial charge in [0, 0.05) is 24.5 Å². The maximum Gasteiger partial charge on any atom is 0.326 e. The number of amides is 2. The van der Waals surface area contributed by atoms with Crippen molar-refractivity contribution in [2.45, 2.75) is 24.2 Å². The predicted molar refractivity (Wildman–Crippen MR) is 126 cm³/mol. The van der Waals surface area contributed by atoms with E-state index in [1.54, 1.807) is 0 Å². The minimum absolute atomic E-state index is 0.0475. The second-order valence-corrected chi connectivity index (χ2v) is 9.03. The van der Waals surface area contributed by atoms with E-state index < -0.39 is 16.1 Å². The molecule has 0 bridgehead atoms. The van der Waals surface area contributed by atoms with Gasteiger partial charge >= 0.3 is 6.03 Å². The van der Waals surface area contributed by atoms with Crippen LogP contribution in [-0.4, -0.2) is 42.5 Å². The first-order valence-electron chi connectivity index (χ1n) is 10.4. The van der Waals surface area contributed by atoms with Gasteiger partial charge in [0.15, 0.2) is 0 Å². The van der Waals surface area contributed by atoms with Gasteiger partial charge in [0.25, 0.3) is 0 Å². The van der Waals surface area contributed by atoms with E-state index in [1.165, 1.54) is 24.3 Å². The fourth-order valence-electron chi connectivity index (χ4n) is 3.35. The zero-order valence-corrected chi connectivity index (χ0v) is 18.5. The van der Waals surface area contributed by atoms with Crippen molar-refractivity contribution in [2.75, 3.05) is 33.9 Å². The molecule has 172 valence electrons. The summed E-state index contributed by atoms with van der Waals surface area (Å²) in [6, 6.07) is 14.4. The van der Waals surface area contributed by atoms with Gasteiger partial charge in [-0.1, -0.05) is 18.2 Å². The summed E-state index contributed by atoms with van der Waals surface area (Å²) in [7, 11) is -3.81. The number of nitrogens with zero attached hydrogens (tertiary/aromatic N) is 4. The number of anilines is 5. The number of hydrogen-bond acceptors (Lipinski definition) is 8. The minimum atomic E-state index is -3.81. The molecule has 1 aromatic heterocycles. The summed E-state index contributed by atoms with van der Waals surface area (Å²) < 4.78 is 22.8. The lowest BCUT2D eigenvalue weighted by molar-refractivity contribution is 0.262. The molecule has 2 aromatic carbocycles. The Kier molecular flexibility index (Phi) is 6.66. The highest BCUT2D eigenvalue weighted by Crippen LogP contribution is 2.21. The number of nitrogens with two attached hydrogens (primary N) is 1. The average Bonchev–Trinajstić information content (AvgIpc) is 2.80. The predicted octanol–water partition coefficient (Wildman–Crippen LogP) is 2.90. The second-order valence-electron chi connectivity index (χ2n) is 7.47. The van der Waals surface area contributed by atoms with Crippen LogP contribution in [0.15, 0.2) is 59.5 Å². The Balaban J connectivity index is 1.52. The Morgan fingerprint density at radius 2 is 1.48 bits per heavy atom. The maximum absolute atomic E-state index is 12.5. The molecule has 1 fully saturated rings. The third kappa shape index (κ3) is 6.14. The molecule has 3 aromatic rings. The Bertz CT molecular complexity index is 1210. The first-order valence-corrected chi connectivity index (χ1v) is 12.0.